The molecule has 0 heterocycles. The zero-order valence-corrected chi connectivity index (χ0v) is 7.13. The molecule has 1 nitrogen and oxygen atoms in total. The van der Waals surface area contributed by atoms with Gasteiger partial charge >= 0.3 is 0 Å². The molecule has 0 spiro atoms. The van der Waals surface area contributed by atoms with Crippen LogP contribution in [-0.4, -0.2) is 11.2 Å². The molecule has 2 rings (SSSR count). The molecule has 0 aliphatic heterocycles. The molecule has 2 aliphatic carbocycles. The monoisotopic (exact) mass is 154 g/mol. The van der Waals surface area contributed by atoms with Gasteiger partial charge in [0.15, 0.2) is 0 Å². The van der Waals surface area contributed by atoms with Crippen molar-refractivity contribution < 1.29 is 5.11 Å². The molecule has 0 aromatic heterocycles. The minimum atomic E-state index is 0.0364. The Kier molecular flexibility index (Phi) is 2.17. The van der Waals surface area contributed by atoms with Crippen LogP contribution in [-0.2, 0) is 0 Å². The minimum Gasteiger partial charge on any atom is -0.393 e. The predicted octanol–water partition coefficient (Wildman–Crippen LogP) is 2.34. The molecule has 0 bridgehead atoms. The second kappa shape index (κ2) is 3.14. The molecular formula is C10H18O. The Hall–Kier alpha value is -0.0400. The van der Waals surface area contributed by atoms with Crippen LogP contribution in [0.2, 0.25) is 0 Å². The van der Waals surface area contributed by atoms with Gasteiger partial charge in [-0.05, 0) is 31.1 Å². The van der Waals surface area contributed by atoms with Gasteiger partial charge in [0.25, 0.3) is 0 Å². The predicted molar refractivity (Wildman–Crippen MR) is 45.3 cm³/mol. The number of aliphatic hydroxyl groups excluding tert-OH is 1. The van der Waals surface area contributed by atoms with Crippen molar-refractivity contribution in [1.82, 2.24) is 0 Å². The third kappa shape index (κ3) is 1.58. The molecule has 2 saturated carbocycles. The summed E-state index contributed by atoms with van der Waals surface area (Å²) in [7, 11) is 0. The number of hydrogen-bond donors (Lipinski definition) is 1. The van der Waals surface area contributed by atoms with Crippen LogP contribution in [0.15, 0.2) is 0 Å². The van der Waals surface area contributed by atoms with E-state index in [-0.39, 0.29) is 6.10 Å². The van der Waals surface area contributed by atoms with E-state index in [4.69, 9.17) is 0 Å². The zero-order valence-electron chi connectivity index (χ0n) is 7.13. The number of fused-ring (bicyclic) bond motifs is 1. The summed E-state index contributed by atoms with van der Waals surface area (Å²) in [6.07, 6.45) is 9.19. The van der Waals surface area contributed by atoms with E-state index in [1.807, 2.05) is 0 Å². The van der Waals surface area contributed by atoms with Crippen LogP contribution in [0.1, 0.15) is 44.9 Å². The molecule has 0 radical (unpaired) electrons. The fourth-order valence-electron chi connectivity index (χ4n) is 2.85. The van der Waals surface area contributed by atoms with Gasteiger partial charge in [-0.2, -0.15) is 0 Å². The van der Waals surface area contributed by atoms with Gasteiger partial charge in [-0.25, -0.2) is 0 Å². The first-order chi connectivity index (χ1) is 5.36. The molecule has 0 saturated heterocycles. The molecule has 2 aliphatic rings. The Labute approximate surface area is 68.8 Å². The minimum absolute atomic E-state index is 0.0364. The summed E-state index contributed by atoms with van der Waals surface area (Å²) in [5.74, 6) is 1.86. The van der Waals surface area contributed by atoms with Gasteiger partial charge in [-0.15, -0.1) is 0 Å². The lowest BCUT2D eigenvalue weighted by atomic mass is 9.70. The van der Waals surface area contributed by atoms with Gasteiger partial charge in [0, 0.05) is 0 Å². The van der Waals surface area contributed by atoms with Crippen LogP contribution in [0.25, 0.3) is 0 Å². The SMILES string of the molecule is O[C@@H]1CC[C@@H]2CCCC[C@@H]2C1. The highest BCUT2D eigenvalue weighted by atomic mass is 16.3. The fourth-order valence-corrected chi connectivity index (χ4v) is 2.85. The van der Waals surface area contributed by atoms with E-state index in [9.17, 15) is 5.11 Å². The van der Waals surface area contributed by atoms with Crippen LogP contribution in [0.5, 0.6) is 0 Å². The highest BCUT2D eigenvalue weighted by molar-refractivity contribution is 4.82. The molecule has 11 heavy (non-hydrogen) atoms. The molecule has 1 heteroatoms. The quantitative estimate of drug-likeness (QED) is 0.568. The summed E-state index contributed by atoms with van der Waals surface area (Å²) in [5.41, 5.74) is 0. The number of rotatable bonds is 0. The maximum absolute atomic E-state index is 9.45. The van der Waals surface area contributed by atoms with Crippen LogP contribution < -0.4 is 0 Å². The second-order valence-electron chi connectivity index (χ2n) is 4.27. The largest absolute Gasteiger partial charge is 0.393 e. The third-order valence-electron chi connectivity index (χ3n) is 3.51. The van der Waals surface area contributed by atoms with Crippen molar-refractivity contribution in [3.63, 3.8) is 0 Å². The lowest BCUT2D eigenvalue weighted by Crippen LogP contribution is -2.29. The molecule has 3 atom stereocenters. The van der Waals surface area contributed by atoms with Crippen molar-refractivity contribution in [1.29, 1.82) is 0 Å². The van der Waals surface area contributed by atoms with Gasteiger partial charge in [0.2, 0.25) is 0 Å². The van der Waals surface area contributed by atoms with E-state index in [1.54, 1.807) is 0 Å². The van der Waals surface area contributed by atoms with E-state index < -0.39 is 0 Å². The smallest absolute Gasteiger partial charge is 0.0543 e. The summed E-state index contributed by atoms with van der Waals surface area (Å²) in [4.78, 5) is 0. The Morgan fingerprint density at radius 3 is 2.36 bits per heavy atom. The molecule has 0 unspecified atom stereocenters. The van der Waals surface area contributed by atoms with Crippen molar-refractivity contribution in [2.45, 2.75) is 51.0 Å². The first-order valence-electron chi connectivity index (χ1n) is 5.04. The zero-order chi connectivity index (χ0) is 7.68. The topological polar surface area (TPSA) is 20.2 Å². The van der Waals surface area contributed by atoms with Gasteiger partial charge in [-0.1, -0.05) is 25.7 Å². The van der Waals surface area contributed by atoms with Crippen LogP contribution in [0.3, 0.4) is 0 Å². The third-order valence-corrected chi connectivity index (χ3v) is 3.51. The number of aliphatic hydroxyl groups is 1. The second-order valence-corrected chi connectivity index (χ2v) is 4.27. The lowest BCUT2D eigenvalue weighted by Gasteiger charge is -2.37. The fraction of sp³-hybridized carbons (Fsp3) is 1.00. The average molecular weight is 154 g/mol. The molecule has 0 aromatic rings. The van der Waals surface area contributed by atoms with Crippen molar-refractivity contribution in [3.8, 4) is 0 Å². The van der Waals surface area contributed by atoms with E-state index in [1.165, 1.54) is 32.1 Å². The Morgan fingerprint density at radius 1 is 0.818 bits per heavy atom. The first-order valence-corrected chi connectivity index (χ1v) is 5.04. The van der Waals surface area contributed by atoms with Crippen LogP contribution in [0, 0.1) is 11.8 Å². The first kappa shape index (κ1) is 7.60. The Bertz CT molecular complexity index is 133. The van der Waals surface area contributed by atoms with E-state index in [0.29, 0.717) is 0 Å². The van der Waals surface area contributed by atoms with Gasteiger partial charge in [0.05, 0.1) is 6.10 Å². The standard InChI is InChI=1S/C10H18O/c11-10-6-5-8-3-1-2-4-9(8)7-10/h8-11H,1-7H2/t8-,9+,10+/m0/s1. The summed E-state index contributed by atoms with van der Waals surface area (Å²) < 4.78 is 0. The average Bonchev–Trinajstić information content (AvgIpc) is 2.04. The van der Waals surface area contributed by atoms with E-state index in [2.05, 4.69) is 0 Å². The van der Waals surface area contributed by atoms with E-state index >= 15 is 0 Å². The molecule has 64 valence electrons. The van der Waals surface area contributed by atoms with Crippen molar-refractivity contribution in [2.24, 2.45) is 11.8 Å². The molecule has 0 aromatic carbocycles. The van der Waals surface area contributed by atoms with Crippen molar-refractivity contribution >= 4 is 0 Å². The van der Waals surface area contributed by atoms with Gasteiger partial charge in [0.1, 0.15) is 0 Å². The van der Waals surface area contributed by atoms with Gasteiger partial charge < -0.3 is 5.11 Å². The lowest BCUT2D eigenvalue weighted by molar-refractivity contribution is 0.0491. The van der Waals surface area contributed by atoms with Gasteiger partial charge in [-0.3, -0.25) is 0 Å². The molecule has 1 N–H and O–H groups in total. The normalized spacial score (nSPS) is 45.0. The summed E-state index contributed by atoms with van der Waals surface area (Å²) in [6.45, 7) is 0. The Morgan fingerprint density at radius 2 is 1.55 bits per heavy atom. The van der Waals surface area contributed by atoms with Crippen molar-refractivity contribution in [2.75, 3.05) is 0 Å². The molecular weight excluding hydrogens is 136 g/mol. The van der Waals surface area contributed by atoms with Crippen molar-refractivity contribution in [3.05, 3.63) is 0 Å². The summed E-state index contributed by atoms with van der Waals surface area (Å²) >= 11 is 0. The van der Waals surface area contributed by atoms with Crippen LogP contribution in [0.4, 0.5) is 0 Å². The highest BCUT2D eigenvalue weighted by Gasteiger charge is 2.30. The molecule has 0 amide bonds. The highest BCUT2D eigenvalue weighted by Crippen LogP contribution is 2.40. The van der Waals surface area contributed by atoms with Crippen LogP contribution >= 0.6 is 0 Å². The summed E-state index contributed by atoms with van der Waals surface area (Å²) in [6, 6.07) is 0. The number of hydrogen-bond acceptors (Lipinski definition) is 1. The Balaban J connectivity index is 1.93. The van der Waals surface area contributed by atoms with E-state index in [0.717, 1.165) is 24.7 Å². The summed E-state index contributed by atoms with van der Waals surface area (Å²) in [5, 5.41) is 9.45. The maximum Gasteiger partial charge on any atom is 0.0543 e. The molecule has 2 fully saturated rings. The maximum atomic E-state index is 9.45.